The maximum Gasteiger partial charge on any atom is 0.0795 e. The average Bonchev–Trinajstić information content (AvgIpc) is 1.87. The second-order valence-electron chi connectivity index (χ2n) is 1.56. The first-order valence-corrected chi connectivity index (χ1v) is 3.20. The highest BCUT2D eigenvalue weighted by Crippen LogP contribution is 2.14. The molecule has 0 aliphatic carbocycles. The molecule has 0 heterocycles. The Bertz CT molecular complexity index is 172. The molecule has 0 atom stereocenters. The van der Waals surface area contributed by atoms with Crippen LogP contribution in [0.1, 0.15) is 6.92 Å². The molecule has 10 heavy (non-hydrogen) atoms. The monoisotopic (exact) mass is 181 g/mol. The van der Waals surface area contributed by atoms with Gasteiger partial charge in [0.15, 0.2) is 0 Å². The van der Waals surface area contributed by atoms with Crippen LogP contribution >= 0.6 is 23.2 Å². The molecule has 0 aromatic carbocycles. The lowest BCUT2D eigenvalue weighted by molar-refractivity contribution is 1.19. The molecule has 0 saturated carbocycles. The van der Waals surface area contributed by atoms with Gasteiger partial charge in [-0.3, -0.25) is 0 Å². The van der Waals surface area contributed by atoms with Gasteiger partial charge in [0.25, 0.3) is 0 Å². The Morgan fingerprint density at radius 1 is 1.60 bits per heavy atom. The Morgan fingerprint density at radius 2 is 2.10 bits per heavy atom. The molecule has 0 amide bonds. The summed E-state index contributed by atoms with van der Waals surface area (Å²) < 4.78 is 0. The molecule has 0 unspecified atom stereocenters. The van der Waals surface area contributed by atoms with Crippen LogP contribution in [0, 0.1) is 5.21 Å². The third kappa shape index (κ3) is 2.96. The lowest BCUT2D eigenvalue weighted by atomic mass is 10.4. The van der Waals surface area contributed by atoms with Crippen molar-refractivity contribution >= 4 is 23.2 Å². The third-order valence-corrected chi connectivity index (χ3v) is 1.33. The Kier molecular flexibility index (Phi) is 4.27. The number of hydrogen-bond donors (Lipinski definition) is 2. The van der Waals surface area contributed by atoms with Crippen molar-refractivity contribution in [3.63, 3.8) is 0 Å². The van der Waals surface area contributed by atoms with E-state index < -0.39 is 0 Å². The molecule has 0 aromatic rings. The van der Waals surface area contributed by atoms with Crippen LogP contribution in [-0.2, 0) is 0 Å². The number of allylic oxidation sites excluding steroid dienone is 2. The Labute approximate surface area is 69.1 Å². The van der Waals surface area contributed by atoms with Crippen molar-refractivity contribution in [2.45, 2.75) is 6.92 Å². The zero-order valence-electron chi connectivity index (χ0n) is 5.32. The van der Waals surface area contributed by atoms with Gasteiger partial charge in [-0.1, -0.05) is 23.2 Å². The SMILES string of the molecule is C/C(Cl)=C(N)\C(Cl)=C/N[O-]. The van der Waals surface area contributed by atoms with Gasteiger partial charge in [0.1, 0.15) is 0 Å². The van der Waals surface area contributed by atoms with E-state index in [4.69, 9.17) is 28.9 Å². The minimum atomic E-state index is 0.113. The number of halogens is 2. The third-order valence-electron chi connectivity index (χ3n) is 0.814. The molecule has 0 aliphatic rings. The first-order chi connectivity index (χ1) is 4.59. The zero-order valence-corrected chi connectivity index (χ0v) is 6.83. The van der Waals surface area contributed by atoms with Gasteiger partial charge in [-0.15, -0.1) is 0 Å². The Hall–Kier alpha value is -0.380. The van der Waals surface area contributed by atoms with E-state index >= 15 is 0 Å². The van der Waals surface area contributed by atoms with Gasteiger partial charge < -0.3 is 16.4 Å². The summed E-state index contributed by atoms with van der Waals surface area (Å²) in [7, 11) is 0. The van der Waals surface area contributed by atoms with E-state index in [-0.39, 0.29) is 10.7 Å². The summed E-state index contributed by atoms with van der Waals surface area (Å²) in [4.78, 5) is 0. The van der Waals surface area contributed by atoms with Crippen LogP contribution in [0.5, 0.6) is 0 Å². The van der Waals surface area contributed by atoms with Gasteiger partial charge in [0.05, 0.1) is 10.7 Å². The molecule has 0 fully saturated rings. The summed E-state index contributed by atoms with van der Waals surface area (Å²) in [6.45, 7) is 1.58. The number of rotatable bonds is 2. The maximum atomic E-state index is 9.74. The van der Waals surface area contributed by atoms with Gasteiger partial charge in [-0.2, -0.15) is 0 Å². The van der Waals surface area contributed by atoms with E-state index in [9.17, 15) is 5.21 Å². The van der Waals surface area contributed by atoms with E-state index in [0.717, 1.165) is 6.20 Å². The summed E-state index contributed by atoms with van der Waals surface area (Å²) in [5.74, 6) is 0. The minimum absolute atomic E-state index is 0.113. The molecular weight excluding hydrogens is 175 g/mol. The molecule has 58 valence electrons. The molecule has 5 heteroatoms. The topological polar surface area (TPSA) is 61.1 Å². The van der Waals surface area contributed by atoms with Crippen LogP contribution in [0.4, 0.5) is 0 Å². The van der Waals surface area contributed by atoms with Crippen LogP contribution in [0.2, 0.25) is 0 Å². The summed E-state index contributed by atoms with van der Waals surface area (Å²) >= 11 is 10.9. The summed E-state index contributed by atoms with van der Waals surface area (Å²) in [5.41, 5.74) is 7.00. The molecule has 3 nitrogen and oxygen atoms in total. The van der Waals surface area contributed by atoms with Crippen LogP contribution in [-0.4, -0.2) is 0 Å². The smallest absolute Gasteiger partial charge is 0.0795 e. The maximum absolute atomic E-state index is 9.74. The standard InChI is InChI=1S/C5H7Cl2N2O/c1-3(6)5(8)4(7)2-9-10/h2,9H,8H2,1H3/q-1/b4-2+,5-3-. The highest BCUT2D eigenvalue weighted by atomic mass is 35.5. The van der Waals surface area contributed by atoms with Gasteiger partial charge in [-0.25, -0.2) is 0 Å². The average molecular weight is 182 g/mol. The predicted octanol–water partition coefficient (Wildman–Crippen LogP) is 1.58. The molecule has 0 spiro atoms. The van der Waals surface area contributed by atoms with Crippen LogP contribution in [0.3, 0.4) is 0 Å². The fourth-order valence-corrected chi connectivity index (χ4v) is 0.630. The van der Waals surface area contributed by atoms with Gasteiger partial charge in [0, 0.05) is 11.2 Å². The lowest BCUT2D eigenvalue weighted by Crippen LogP contribution is -2.01. The van der Waals surface area contributed by atoms with Gasteiger partial charge >= 0.3 is 0 Å². The first kappa shape index (κ1) is 9.62. The summed E-state index contributed by atoms with van der Waals surface area (Å²) in [6.07, 6.45) is 1.02. The highest BCUT2D eigenvalue weighted by molar-refractivity contribution is 6.35. The fraction of sp³-hybridized carbons (Fsp3) is 0.200. The van der Waals surface area contributed by atoms with E-state index in [1.807, 2.05) is 0 Å². The molecule has 0 aromatic heterocycles. The fourth-order valence-electron chi connectivity index (χ4n) is 0.294. The second-order valence-corrected chi connectivity index (χ2v) is 2.53. The largest absolute Gasteiger partial charge is 0.761 e. The molecule has 0 radical (unpaired) electrons. The Balaban J connectivity index is 4.36. The first-order valence-electron chi connectivity index (χ1n) is 2.45. The van der Waals surface area contributed by atoms with Crippen molar-refractivity contribution in [2.24, 2.45) is 5.73 Å². The molecule has 0 bridgehead atoms. The van der Waals surface area contributed by atoms with Crippen molar-refractivity contribution in [3.05, 3.63) is 27.2 Å². The lowest BCUT2D eigenvalue weighted by Gasteiger charge is -2.04. The normalized spacial score (nSPS) is 14.6. The van der Waals surface area contributed by atoms with Crippen molar-refractivity contribution in [2.75, 3.05) is 0 Å². The molecule has 3 N–H and O–H groups in total. The molecule has 0 rings (SSSR count). The van der Waals surface area contributed by atoms with Crippen molar-refractivity contribution in [1.29, 1.82) is 0 Å². The van der Waals surface area contributed by atoms with E-state index in [0.29, 0.717) is 5.03 Å². The summed E-state index contributed by atoms with van der Waals surface area (Å²) in [5, 5.41) is 10.2. The summed E-state index contributed by atoms with van der Waals surface area (Å²) in [6, 6.07) is 0. The minimum Gasteiger partial charge on any atom is -0.761 e. The highest BCUT2D eigenvalue weighted by Gasteiger charge is 1.97. The van der Waals surface area contributed by atoms with Crippen LogP contribution in [0.15, 0.2) is 22.0 Å². The van der Waals surface area contributed by atoms with E-state index in [1.54, 1.807) is 6.92 Å². The van der Waals surface area contributed by atoms with Crippen molar-refractivity contribution in [1.82, 2.24) is 5.48 Å². The number of hydroxylamine groups is 1. The van der Waals surface area contributed by atoms with E-state index in [2.05, 4.69) is 0 Å². The quantitative estimate of drug-likeness (QED) is 0.503. The van der Waals surface area contributed by atoms with Crippen molar-refractivity contribution < 1.29 is 0 Å². The van der Waals surface area contributed by atoms with Crippen LogP contribution < -0.4 is 11.2 Å². The molecular formula is C5H7Cl2N2O-. The predicted molar refractivity (Wildman–Crippen MR) is 43.2 cm³/mol. The number of hydrogen-bond acceptors (Lipinski definition) is 3. The van der Waals surface area contributed by atoms with Gasteiger partial charge in [0.2, 0.25) is 0 Å². The van der Waals surface area contributed by atoms with Crippen LogP contribution in [0.25, 0.3) is 0 Å². The second kappa shape index (κ2) is 4.44. The number of nitrogens with one attached hydrogen (secondary N) is 1. The van der Waals surface area contributed by atoms with Gasteiger partial charge in [-0.05, 0) is 6.92 Å². The molecule has 0 saturated heterocycles. The Morgan fingerprint density at radius 3 is 2.40 bits per heavy atom. The van der Waals surface area contributed by atoms with E-state index in [1.165, 1.54) is 5.48 Å². The van der Waals surface area contributed by atoms with Crippen molar-refractivity contribution in [3.8, 4) is 0 Å². The molecule has 0 aliphatic heterocycles. The zero-order chi connectivity index (χ0) is 8.15. The number of nitrogens with two attached hydrogens (primary N) is 1.